The second kappa shape index (κ2) is 11.6. The molecular weight excluding hydrogens is 498 g/mol. The van der Waals surface area contributed by atoms with E-state index in [1.807, 2.05) is 0 Å². The first kappa shape index (κ1) is 26.5. The van der Waals surface area contributed by atoms with Gasteiger partial charge in [0.1, 0.15) is 17.8 Å². The maximum atomic E-state index is 14.5. The number of aryl methyl sites for hydroxylation is 1. The van der Waals surface area contributed by atoms with Gasteiger partial charge < -0.3 is 25.3 Å². The number of aromatic amines is 1. The minimum atomic E-state index is -1.09. The summed E-state index contributed by atoms with van der Waals surface area (Å²) in [5, 5.41) is 24.1. The fourth-order valence-electron chi connectivity index (χ4n) is 3.55. The van der Waals surface area contributed by atoms with Crippen molar-refractivity contribution in [2.75, 3.05) is 11.9 Å². The number of hydrogen-bond donors (Lipinski definition) is 5. The number of amides is 1. The van der Waals surface area contributed by atoms with Crippen LogP contribution in [-0.4, -0.2) is 38.6 Å². The number of carboxylic acids is 1. The molecule has 1 unspecified atom stereocenters. The highest BCUT2D eigenvalue weighted by Crippen LogP contribution is 2.29. The summed E-state index contributed by atoms with van der Waals surface area (Å²) in [6.07, 6.45) is 1.76. The van der Waals surface area contributed by atoms with E-state index in [4.69, 9.17) is 9.84 Å². The van der Waals surface area contributed by atoms with E-state index in [9.17, 15) is 23.5 Å². The van der Waals surface area contributed by atoms with E-state index in [2.05, 4.69) is 20.6 Å². The van der Waals surface area contributed by atoms with Crippen LogP contribution in [0.2, 0.25) is 0 Å². The quantitative estimate of drug-likeness (QED) is 0.189. The molecule has 0 radical (unpaired) electrons. The Bertz CT molecular complexity index is 1470. The Morgan fingerprint density at radius 3 is 2.66 bits per heavy atom. The number of carbonyl (C=O) groups is 2. The average Bonchev–Trinajstić information content (AvgIpc) is 3.38. The molecule has 0 saturated heterocycles. The van der Waals surface area contributed by atoms with Crippen LogP contribution in [0.3, 0.4) is 0 Å². The number of carbonyl (C=O) groups excluding carboxylic acids is 1. The van der Waals surface area contributed by atoms with E-state index in [0.29, 0.717) is 17.0 Å². The monoisotopic (exact) mass is 522 g/mol. The highest BCUT2D eigenvalue weighted by Gasteiger charge is 2.15. The molecule has 5 N–H and O–H groups in total. The Balaban J connectivity index is 1.48. The van der Waals surface area contributed by atoms with Crippen molar-refractivity contribution in [1.82, 2.24) is 15.3 Å². The molecule has 0 aliphatic carbocycles. The van der Waals surface area contributed by atoms with Crippen LogP contribution in [0.4, 0.5) is 14.5 Å². The number of halogens is 2. The smallest absolute Gasteiger partial charge is 0.304 e. The number of aromatic nitrogens is 2. The lowest BCUT2D eigenvalue weighted by Crippen LogP contribution is -2.23. The normalized spacial score (nSPS) is 11.7. The van der Waals surface area contributed by atoms with E-state index in [1.165, 1.54) is 42.6 Å². The van der Waals surface area contributed by atoms with Gasteiger partial charge >= 0.3 is 5.97 Å². The largest absolute Gasteiger partial charge is 0.481 e. The number of pyridine rings is 1. The standard InChI is InChI=1S/C27H24F2N4O5/c1-15-2-4-19(28)21(10-15)33-27(37)16-3-5-20(29)24(12-16)38-18-6-8-30-23(13-18)22-11-17(14-32-22)26(36)31-9-7-25(34)35/h2-6,8,10-14,26,31-32,36H,7,9H2,1H3,(H,33,37)(H,34,35). The van der Waals surface area contributed by atoms with Crippen molar-refractivity contribution in [2.24, 2.45) is 0 Å². The fraction of sp³-hybridized carbons (Fsp3) is 0.148. The Hall–Kier alpha value is -4.61. The summed E-state index contributed by atoms with van der Waals surface area (Å²) in [5.74, 6) is -2.91. The third-order valence-corrected chi connectivity index (χ3v) is 5.50. The molecule has 1 atom stereocenters. The second-order valence-electron chi connectivity index (χ2n) is 8.41. The average molecular weight is 523 g/mol. The molecule has 0 saturated carbocycles. The number of nitrogens with one attached hydrogen (secondary N) is 3. The summed E-state index contributed by atoms with van der Waals surface area (Å²) in [6, 6.07) is 12.5. The first-order valence-corrected chi connectivity index (χ1v) is 11.5. The summed E-state index contributed by atoms with van der Waals surface area (Å²) in [7, 11) is 0. The van der Waals surface area contributed by atoms with Crippen molar-refractivity contribution in [3.8, 4) is 22.9 Å². The van der Waals surface area contributed by atoms with Crippen molar-refractivity contribution >= 4 is 17.6 Å². The van der Waals surface area contributed by atoms with Crippen LogP contribution in [0.25, 0.3) is 11.4 Å². The van der Waals surface area contributed by atoms with Gasteiger partial charge in [-0.1, -0.05) is 6.07 Å². The van der Waals surface area contributed by atoms with E-state index in [-0.39, 0.29) is 35.7 Å². The molecule has 1 amide bonds. The van der Waals surface area contributed by atoms with E-state index in [0.717, 1.165) is 11.6 Å². The van der Waals surface area contributed by atoms with Crippen LogP contribution in [-0.2, 0) is 4.79 Å². The predicted molar refractivity (Wildman–Crippen MR) is 135 cm³/mol. The lowest BCUT2D eigenvalue weighted by molar-refractivity contribution is -0.137. The Morgan fingerprint density at radius 2 is 1.87 bits per heavy atom. The molecular formula is C27H24F2N4O5. The van der Waals surface area contributed by atoms with E-state index < -0.39 is 29.7 Å². The topological polar surface area (TPSA) is 137 Å². The maximum Gasteiger partial charge on any atom is 0.304 e. The number of benzene rings is 2. The molecule has 38 heavy (non-hydrogen) atoms. The number of carboxylic acid groups (broad SMARTS) is 1. The van der Waals surface area contributed by atoms with Gasteiger partial charge in [-0.2, -0.15) is 0 Å². The number of aliphatic carboxylic acids is 1. The maximum absolute atomic E-state index is 14.5. The van der Waals surface area contributed by atoms with Crippen molar-refractivity contribution < 1.29 is 33.3 Å². The minimum Gasteiger partial charge on any atom is -0.481 e. The van der Waals surface area contributed by atoms with Gasteiger partial charge in [0.2, 0.25) is 0 Å². The lowest BCUT2D eigenvalue weighted by atomic mass is 10.1. The summed E-state index contributed by atoms with van der Waals surface area (Å²) in [5.41, 5.74) is 2.25. The molecule has 2 aromatic heterocycles. The van der Waals surface area contributed by atoms with Gasteiger partial charge in [-0.05, 0) is 55.0 Å². The van der Waals surface area contributed by atoms with Crippen molar-refractivity contribution in [1.29, 1.82) is 0 Å². The highest BCUT2D eigenvalue weighted by molar-refractivity contribution is 6.04. The van der Waals surface area contributed by atoms with Gasteiger partial charge in [0, 0.05) is 36.1 Å². The third kappa shape index (κ3) is 6.58. The molecule has 4 rings (SSSR count). The molecule has 11 heteroatoms. The lowest BCUT2D eigenvalue weighted by Gasteiger charge is -2.11. The first-order chi connectivity index (χ1) is 18.2. The van der Waals surface area contributed by atoms with Gasteiger partial charge in [-0.25, -0.2) is 8.78 Å². The number of nitrogens with zero attached hydrogens (tertiary/aromatic N) is 1. The number of H-pyrrole nitrogens is 1. The van der Waals surface area contributed by atoms with Gasteiger partial charge in [0.25, 0.3) is 5.91 Å². The van der Waals surface area contributed by atoms with Crippen LogP contribution < -0.4 is 15.4 Å². The summed E-state index contributed by atoms with van der Waals surface area (Å²) in [4.78, 5) is 30.5. The van der Waals surface area contributed by atoms with Crippen molar-refractivity contribution in [3.63, 3.8) is 0 Å². The van der Waals surface area contributed by atoms with Gasteiger partial charge in [0.15, 0.2) is 11.6 Å². The molecule has 0 bridgehead atoms. The zero-order chi connectivity index (χ0) is 27.2. The summed E-state index contributed by atoms with van der Waals surface area (Å²) < 4.78 is 34.2. The molecule has 9 nitrogen and oxygen atoms in total. The molecule has 0 spiro atoms. The Kier molecular flexibility index (Phi) is 8.09. The van der Waals surface area contributed by atoms with Crippen LogP contribution >= 0.6 is 0 Å². The number of hydrogen-bond acceptors (Lipinski definition) is 6. The molecule has 4 aromatic rings. The molecule has 2 aromatic carbocycles. The van der Waals surface area contributed by atoms with Crippen LogP contribution in [0.1, 0.15) is 34.1 Å². The number of rotatable bonds is 10. The van der Waals surface area contributed by atoms with E-state index in [1.54, 1.807) is 25.3 Å². The van der Waals surface area contributed by atoms with Gasteiger partial charge in [0.05, 0.1) is 23.5 Å². The fourth-order valence-corrected chi connectivity index (χ4v) is 3.55. The molecule has 196 valence electrons. The Labute approximate surface area is 216 Å². The van der Waals surface area contributed by atoms with Crippen LogP contribution in [0.15, 0.2) is 67.0 Å². The number of ether oxygens (including phenoxy) is 1. The van der Waals surface area contributed by atoms with Crippen LogP contribution in [0.5, 0.6) is 11.5 Å². The second-order valence-corrected chi connectivity index (χ2v) is 8.41. The molecule has 0 fully saturated rings. The predicted octanol–water partition coefficient (Wildman–Crippen LogP) is 4.76. The van der Waals surface area contributed by atoms with E-state index >= 15 is 0 Å². The number of aliphatic hydroxyl groups excluding tert-OH is 1. The zero-order valence-corrected chi connectivity index (χ0v) is 20.2. The number of aliphatic hydroxyl groups is 1. The third-order valence-electron chi connectivity index (χ3n) is 5.50. The summed E-state index contributed by atoms with van der Waals surface area (Å²) in [6.45, 7) is 1.85. The first-order valence-electron chi connectivity index (χ1n) is 11.5. The summed E-state index contributed by atoms with van der Waals surface area (Å²) >= 11 is 0. The number of anilines is 1. The minimum absolute atomic E-state index is 0.00749. The van der Waals surface area contributed by atoms with Crippen LogP contribution in [0, 0.1) is 18.6 Å². The van der Waals surface area contributed by atoms with Gasteiger partial charge in [-0.15, -0.1) is 0 Å². The molecule has 2 heterocycles. The highest BCUT2D eigenvalue weighted by atomic mass is 19.1. The molecule has 0 aliphatic heterocycles. The SMILES string of the molecule is Cc1ccc(F)c(NC(=O)c2ccc(F)c(Oc3ccnc(-c4cc(C(O)NCCC(=O)O)c[nH]4)c3)c2)c1. The van der Waals surface area contributed by atoms with Gasteiger partial charge in [-0.3, -0.25) is 19.9 Å². The zero-order valence-electron chi connectivity index (χ0n) is 20.2. The Morgan fingerprint density at radius 1 is 1.08 bits per heavy atom. The molecule has 0 aliphatic rings. The van der Waals surface area contributed by atoms with Crippen molar-refractivity contribution in [2.45, 2.75) is 19.6 Å². The van der Waals surface area contributed by atoms with Crippen molar-refractivity contribution in [3.05, 3.63) is 95.3 Å².